The van der Waals surface area contributed by atoms with Crippen LogP contribution in [0.1, 0.15) is 40.5 Å². The van der Waals surface area contributed by atoms with Crippen LogP contribution >= 0.6 is 0 Å². The number of fused-ring (bicyclic) bond motifs is 1. The van der Waals surface area contributed by atoms with Gasteiger partial charge in [0.1, 0.15) is 11.2 Å². The van der Waals surface area contributed by atoms with Gasteiger partial charge in [0.25, 0.3) is 0 Å². The molecule has 4 nitrogen and oxygen atoms in total. The van der Waals surface area contributed by atoms with Gasteiger partial charge >= 0.3 is 0 Å². The summed E-state index contributed by atoms with van der Waals surface area (Å²) in [6.45, 7) is 6.80. The normalized spacial score (nSPS) is 45.1. The predicted molar refractivity (Wildman–Crippen MR) is 69.5 cm³/mol. The fourth-order valence-corrected chi connectivity index (χ4v) is 3.83. The number of carbonyl (C=O) groups excluding carboxylic acids is 1. The first kappa shape index (κ1) is 13.0. The predicted octanol–water partition coefficient (Wildman–Crippen LogP) is 1.27. The second kappa shape index (κ2) is 3.19. The second-order valence-electron chi connectivity index (χ2n) is 6.64. The topological polar surface area (TPSA) is 66.8 Å². The van der Waals surface area contributed by atoms with Crippen molar-refractivity contribution in [2.45, 2.75) is 62.9 Å². The summed E-state index contributed by atoms with van der Waals surface area (Å²) in [6.07, 6.45) is 4.15. The van der Waals surface area contributed by atoms with Crippen molar-refractivity contribution in [3.05, 3.63) is 23.3 Å². The first-order valence-corrected chi connectivity index (χ1v) is 6.64. The largest absolute Gasteiger partial charge is 0.387 e. The SMILES string of the molecule is CC1=CC[C@@]23O[C@@](C(C)(C)O)(C[C@@]12O)C(=O)C=C3C. The van der Waals surface area contributed by atoms with Crippen LogP contribution in [0.3, 0.4) is 0 Å². The third kappa shape index (κ3) is 1.18. The van der Waals surface area contributed by atoms with Gasteiger partial charge in [-0.2, -0.15) is 0 Å². The summed E-state index contributed by atoms with van der Waals surface area (Å²) in [5, 5.41) is 21.5. The number of hydrogen-bond donors (Lipinski definition) is 2. The molecule has 3 atom stereocenters. The Hall–Kier alpha value is -0.970. The molecule has 2 bridgehead atoms. The van der Waals surface area contributed by atoms with Crippen LogP contribution in [-0.4, -0.2) is 38.4 Å². The molecule has 0 aromatic rings. The number of rotatable bonds is 1. The van der Waals surface area contributed by atoms with E-state index in [1.54, 1.807) is 13.8 Å². The maximum absolute atomic E-state index is 12.4. The van der Waals surface area contributed by atoms with Crippen molar-refractivity contribution in [1.82, 2.24) is 0 Å². The van der Waals surface area contributed by atoms with Gasteiger partial charge in [-0.25, -0.2) is 0 Å². The van der Waals surface area contributed by atoms with Crippen molar-refractivity contribution < 1.29 is 19.7 Å². The van der Waals surface area contributed by atoms with Crippen molar-refractivity contribution >= 4 is 5.78 Å². The van der Waals surface area contributed by atoms with Crippen molar-refractivity contribution in [2.24, 2.45) is 0 Å². The van der Waals surface area contributed by atoms with Crippen molar-refractivity contribution in [3.8, 4) is 0 Å². The van der Waals surface area contributed by atoms with Crippen LogP contribution < -0.4 is 0 Å². The molecule has 1 aliphatic carbocycles. The van der Waals surface area contributed by atoms with E-state index < -0.39 is 22.4 Å². The van der Waals surface area contributed by atoms with Gasteiger partial charge in [-0.3, -0.25) is 4.79 Å². The zero-order valence-corrected chi connectivity index (χ0v) is 11.8. The zero-order chi connectivity index (χ0) is 14.3. The minimum Gasteiger partial charge on any atom is -0.387 e. The summed E-state index contributed by atoms with van der Waals surface area (Å²) in [4.78, 5) is 12.4. The maximum Gasteiger partial charge on any atom is 0.190 e. The van der Waals surface area contributed by atoms with Gasteiger partial charge in [-0.1, -0.05) is 6.08 Å². The summed E-state index contributed by atoms with van der Waals surface area (Å²) < 4.78 is 6.09. The molecule has 0 aromatic heterocycles. The van der Waals surface area contributed by atoms with Gasteiger partial charge in [0.15, 0.2) is 11.4 Å². The van der Waals surface area contributed by atoms with Crippen LogP contribution in [0.4, 0.5) is 0 Å². The Bertz CT molecular complexity index is 535. The van der Waals surface area contributed by atoms with E-state index in [4.69, 9.17) is 4.74 Å². The first-order chi connectivity index (χ1) is 8.59. The van der Waals surface area contributed by atoms with E-state index in [2.05, 4.69) is 0 Å². The van der Waals surface area contributed by atoms with Gasteiger partial charge in [0.2, 0.25) is 0 Å². The number of ketones is 1. The van der Waals surface area contributed by atoms with Crippen LogP contribution in [0.5, 0.6) is 0 Å². The second-order valence-corrected chi connectivity index (χ2v) is 6.64. The minimum absolute atomic E-state index is 0.110. The monoisotopic (exact) mass is 264 g/mol. The molecule has 0 amide bonds. The highest BCUT2D eigenvalue weighted by molar-refractivity contribution is 6.01. The molecular weight excluding hydrogens is 244 g/mol. The summed E-state index contributed by atoms with van der Waals surface area (Å²) in [6, 6.07) is 0. The molecule has 2 aliphatic heterocycles. The van der Waals surface area contributed by atoms with E-state index in [1.807, 2.05) is 19.9 Å². The van der Waals surface area contributed by atoms with E-state index in [0.717, 1.165) is 11.1 Å². The fourth-order valence-electron chi connectivity index (χ4n) is 3.83. The van der Waals surface area contributed by atoms with Gasteiger partial charge in [-0.05, 0) is 44.9 Å². The lowest BCUT2D eigenvalue weighted by Crippen LogP contribution is -2.58. The van der Waals surface area contributed by atoms with E-state index in [0.29, 0.717) is 6.42 Å². The molecule has 1 fully saturated rings. The number of ether oxygens (including phenoxy) is 1. The zero-order valence-electron chi connectivity index (χ0n) is 11.8. The molecule has 0 saturated carbocycles. The minimum atomic E-state index is -1.35. The number of carbonyl (C=O) groups is 1. The Kier molecular flexibility index (Phi) is 2.19. The van der Waals surface area contributed by atoms with Gasteiger partial charge in [0, 0.05) is 12.8 Å². The highest BCUT2D eigenvalue weighted by Crippen LogP contribution is 2.62. The van der Waals surface area contributed by atoms with Crippen molar-refractivity contribution in [3.63, 3.8) is 0 Å². The van der Waals surface area contributed by atoms with Crippen LogP contribution in [0.2, 0.25) is 0 Å². The Morgan fingerprint density at radius 1 is 1.32 bits per heavy atom. The highest BCUT2D eigenvalue weighted by atomic mass is 16.6. The standard InChI is InChI=1S/C15H20O4/c1-9-5-6-14-10(2)7-11(16)15(19-14,12(3,4)17)8-13(9,14)18/h5,7,17-18H,6,8H2,1-4H3/t13-,14+,15+/m1/s1. The number of hydrogen-bond acceptors (Lipinski definition) is 4. The fraction of sp³-hybridized carbons (Fsp3) is 0.667. The Balaban J connectivity index is 2.26. The number of aliphatic hydroxyl groups is 2. The lowest BCUT2D eigenvalue weighted by Gasteiger charge is -2.43. The lowest BCUT2D eigenvalue weighted by atomic mass is 9.74. The quantitative estimate of drug-likeness (QED) is 0.700. The molecule has 104 valence electrons. The van der Waals surface area contributed by atoms with Gasteiger partial charge in [-0.15, -0.1) is 0 Å². The van der Waals surface area contributed by atoms with Crippen LogP contribution in [0.15, 0.2) is 23.3 Å². The average Bonchev–Trinajstić information content (AvgIpc) is 2.66. The van der Waals surface area contributed by atoms with Crippen LogP contribution in [0, 0.1) is 0 Å². The molecule has 0 unspecified atom stereocenters. The van der Waals surface area contributed by atoms with Crippen molar-refractivity contribution in [2.75, 3.05) is 0 Å². The summed E-state index contributed by atoms with van der Waals surface area (Å²) in [5.41, 5.74) is -3.21. The molecule has 1 spiro atoms. The smallest absolute Gasteiger partial charge is 0.190 e. The van der Waals surface area contributed by atoms with E-state index in [1.165, 1.54) is 6.08 Å². The molecule has 2 heterocycles. The van der Waals surface area contributed by atoms with E-state index in [9.17, 15) is 15.0 Å². The molecule has 1 saturated heterocycles. The summed E-state index contributed by atoms with van der Waals surface area (Å²) in [7, 11) is 0. The maximum atomic E-state index is 12.4. The lowest BCUT2D eigenvalue weighted by molar-refractivity contribution is -0.194. The molecular formula is C15H20O4. The summed E-state index contributed by atoms with van der Waals surface area (Å²) in [5.74, 6) is -0.251. The van der Waals surface area contributed by atoms with Crippen LogP contribution in [-0.2, 0) is 9.53 Å². The third-order valence-electron chi connectivity index (χ3n) is 5.24. The van der Waals surface area contributed by atoms with E-state index in [-0.39, 0.29) is 12.2 Å². The molecule has 19 heavy (non-hydrogen) atoms. The highest BCUT2D eigenvalue weighted by Gasteiger charge is 2.74. The third-order valence-corrected chi connectivity index (χ3v) is 5.24. The molecule has 0 aromatic carbocycles. The Morgan fingerprint density at radius 2 is 1.95 bits per heavy atom. The van der Waals surface area contributed by atoms with Gasteiger partial charge < -0.3 is 14.9 Å². The van der Waals surface area contributed by atoms with E-state index >= 15 is 0 Å². The molecule has 3 aliphatic rings. The Morgan fingerprint density at radius 3 is 2.53 bits per heavy atom. The average molecular weight is 264 g/mol. The Labute approximate surface area is 112 Å². The molecule has 0 radical (unpaired) electrons. The van der Waals surface area contributed by atoms with Crippen molar-refractivity contribution in [1.29, 1.82) is 0 Å². The summed E-state index contributed by atoms with van der Waals surface area (Å²) >= 11 is 0. The van der Waals surface area contributed by atoms with Crippen LogP contribution in [0.25, 0.3) is 0 Å². The van der Waals surface area contributed by atoms with Gasteiger partial charge in [0.05, 0.1) is 5.60 Å². The first-order valence-electron chi connectivity index (χ1n) is 6.64. The molecule has 4 heteroatoms. The molecule has 2 N–H and O–H groups in total. The molecule has 3 rings (SSSR count).